The van der Waals surface area contributed by atoms with Crippen LogP contribution in [0.4, 0.5) is 0 Å². The summed E-state index contributed by atoms with van der Waals surface area (Å²) in [7, 11) is 0. The number of rotatable bonds is 3. The Labute approximate surface area is 91.5 Å². The molecule has 1 aliphatic heterocycles. The van der Waals surface area contributed by atoms with Gasteiger partial charge in [0, 0.05) is 30.7 Å². The van der Waals surface area contributed by atoms with Crippen LogP contribution in [0.2, 0.25) is 0 Å². The molecular weight excluding hydrogens is 192 g/mol. The van der Waals surface area contributed by atoms with Crippen molar-refractivity contribution < 1.29 is 9.53 Å². The van der Waals surface area contributed by atoms with Crippen LogP contribution in [0.5, 0.6) is 0 Å². The molecule has 0 radical (unpaired) electrons. The van der Waals surface area contributed by atoms with Crippen LogP contribution in [0.1, 0.15) is 33.6 Å². The van der Waals surface area contributed by atoms with Gasteiger partial charge in [-0.3, -0.25) is 4.79 Å². The largest absolute Gasteiger partial charge is 0.381 e. The van der Waals surface area contributed by atoms with E-state index in [1.165, 1.54) is 0 Å². The first-order valence-electron chi connectivity index (χ1n) is 5.59. The smallest absolute Gasteiger partial charge is 0.223 e. The minimum atomic E-state index is -0.338. The van der Waals surface area contributed by atoms with Crippen LogP contribution in [-0.2, 0) is 9.53 Å². The van der Waals surface area contributed by atoms with E-state index in [0.29, 0.717) is 13.2 Å². The fourth-order valence-electron chi connectivity index (χ4n) is 1.49. The number of nitrogens with one attached hydrogen (secondary N) is 1. The molecule has 1 amide bonds. The second kappa shape index (κ2) is 4.94. The Hall–Kier alpha value is -0.610. The molecule has 1 heterocycles. The zero-order valence-corrected chi connectivity index (χ0v) is 9.88. The molecule has 1 aliphatic rings. The van der Waals surface area contributed by atoms with Crippen LogP contribution in [-0.4, -0.2) is 30.7 Å². The topological polar surface area (TPSA) is 64.3 Å². The van der Waals surface area contributed by atoms with Crippen LogP contribution in [0.25, 0.3) is 0 Å². The Balaban J connectivity index is 2.47. The van der Waals surface area contributed by atoms with E-state index < -0.39 is 0 Å². The summed E-state index contributed by atoms with van der Waals surface area (Å²) in [6.07, 6.45) is 1.64. The highest BCUT2D eigenvalue weighted by Gasteiger charge is 2.29. The van der Waals surface area contributed by atoms with Gasteiger partial charge >= 0.3 is 0 Å². The molecule has 0 aromatic heterocycles. The van der Waals surface area contributed by atoms with Crippen molar-refractivity contribution in [2.24, 2.45) is 11.7 Å². The Morgan fingerprint density at radius 2 is 2.00 bits per heavy atom. The van der Waals surface area contributed by atoms with Gasteiger partial charge < -0.3 is 15.8 Å². The lowest BCUT2D eigenvalue weighted by Crippen LogP contribution is -2.56. The SMILES string of the molecule is CC(N)C(C)(C)NC(=O)C1CCOCC1. The first kappa shape index (κ1) is 12.5. The predicted molar refractivity (Wildman–Crippen MR) is 59.4 cm³/mol. The van der Waals surface area contributed by atoms with Crippen molar-refractivity contribution in [3.05, 3.63) is 0 Å². The maximum Gasteiger partial charge on any atom is 0.223 e. The summed E-state index contributed by atoms with van der Waals surface area (Å²) < 4.78 is 5.22. The van der Waals surface area contributed by atoms with E-state index in [9.17, 15) is 4.79 Å². The summed E-state index contributed by atoms with van der Waals surface area (Å²) in [6, 6.07) is -0.0544. The molecule has 0 aromatic carbocycles. The molecule has 1 atom stereocenters. The van der Waals surface area contributed by atoms with E-state index in [-0.39, 0.29) is 23.4 Å². The average Bonchev–Trinajstić information content (AvgIpc) is 2.18. The van der Waals surface area contributed by atoms with Crippen LogP contribution in [0.15, 0.2) is 0 Å². The molecule has 1 fully saturated rings. The van der Waals surface area contributed by atoms with Gasteiger partial charge in [-0.15, -0.1) is 0 Å². The zero-order chi connectivity index (χ0) is 11.5. The predicted octanol–water partition coefficient (Wildman–Crippen LogP) is 0.655. The molecule has 15 heavy (non-hydrogen) atoms. The van der Waals surface area contributed by atoms with Gasteiger partial charge in [0.1, 0.15) is 0 Å². The number of hydrogen-bond donors (Lipinski definition) is 2. The van der Waals surface area contributed by atoms with E-state index in [1.807, 2.05) is 20.8 Å². The average molecular weight is 214 g/mol. The summed E-state index contributed by atoms with van der Waals surface area (Å²) in [4.78, 5) is 11.9. The third-order valence-electron chi connectivity index (χ3n) is 3.18. The Bertz CT molecular complexity index is 221. The second-order valence-electron chi connectivity index (χ2n) is 4.89. The molecule has 0 saturated carbocycles. The Kier molecular flexibility index (Phi) is 4.11. The molecule has 1 rings (SSSR count). The normalized spacial score (nSPS) is 21.1. The number of nitrogens with two attached hydrogens (primary N) is 1. The minimum Gasteiger partial charge on any atom is -0.381 e. The van der Waals surface area contributed by atoms with Gasteiger partial charge in [-0.2, -0.15) is 0 Å². The van der Waals surface area contributed by atoms with Gasteiger partial charge in [0.2, 0.25) is 5.91 Å². The number of amides is 1. The lowest BCUT2D eigenvalue weighted by molar-refractivity contribution is -0.129. The molecule has 88 valence electrons. The molecule has 1 unspecified atom stereocenters. The van der Waals surface area contributed by atoms with E-state index in [2.05, 4.69) is 5.32 Å². The van der Waals surface area contributed by atoms with Crippen LogP contribution in [0.3, 0.4) is 0 Å². The number of carbonyl (C=O) groups excluding carboxylic acids is 1. The fourth-order valence-corrected chi connectivity index (χ4v) is 1.49. The molecule has 0 bridgehead atoms. The second-order valence-corrected chi connectivity index (χ2v) is 4.89. The monoisotopic (exact) mass is 214 g/mol. The van der Waals surface area contributed by atoms with E-state index in [1.54, 1.807) is 0 Å². The molecule has 4 nitrogen and oxygen atoms in total. The first-order valence-corrected chi connectivity index (χ1v) is 5.59. The summed E-state index contributed by atoms with van der Waals surface area (Å²) in [5.41, 5.74) is 5.47. The maximum absolute atomic E-state index is 11.9. The zero-order valence-electron chi connectivity index (χ0n) is 9.88. The molecule has 0 spiro atoms. The van der Waals surface area contributed by atoms with Gasteiger partial charge in [0.05, 0.1) is 0 Å². The summed E-state index contributed by atoms with van der Waals surface area (Å²) >= 11 is 0. The molecule has 0 aromatic rings. The van der Waals surface area contributed by atoms with Gasteiger partial charge in [0.15, 0.2) is 0 Å². The number of carbonyl (C=O) groups is 1. The molecule has 4 heteroatoms. The highest BCUT2D eigenvalue weighted by Crippen LogP contribution is 2.16. The highest BCUT2D eigenvalue weighted by atomic mass is 16.5. The highest BCUT2D eigenvalue weighted by molar-refractivity contribution is 5.79. The van der Waals surface area contributed by atoms with Crippen molar-refractivity contribution >= 4 is 5.91 Å². The van der Waals surface area contributed by atoms with Crippen molar-refractivity contribution in [2.45, 2.75) is 45.2 Å². The third-order valence-corrected chi connectivity index (χ3v) is 3.18. The number of ether oxygens (including phenoxy) is 1. The van der Waals surface area contributed by atoms with E-state index in [4.69, 9.17) is 10.5 Å². The first-order chi connectivity index (χ1) is 6.93. The lowest BCUT2D eigenvalue weighted by atomic mass is 9.93. The van der Waals surface area contributed by atoms with Crippen molar-refractivity contribution in [2.75, 3.05) is 13.2 Å². The molecule has 1 saturated heterocycles. The van der Waals surface area contributed by atoms with Gasteiger partial charge in [-0.25, -0.2) is 0 Å². The summed E-state index contributed by atoms with van der Waals surface area (Å²) in [6.45, 7) is 7.20. The van der Waals surface area contributed by atoms with Crippen LogP contribution >= 0.6 is 0 Å². The van der Waals surface area contributed by atoms with Gasteiger partial charge in [-0.1, -0.05) is 0 Å². The van der Waals surface area contributed by atoms with Crippen molar-refractivity contribution in [1.82, 2.24) is 5.32 Å². The quantitative estimate of drug-likeness (QED) is 0.725. The minimum absolute atomic E-state index is 0.0544. The lowest BCUT2D eigenvalue weighted by Gasteiger charge is -2.33. The van der Waals surface area contributed by atoms with Crippen LogP contribution in [0, 0.1) is 5.92 Å². The van der Waals surface area contributed by atoms with E-state index in [0.717, 1.165) is 12.8 Å². The molecule has 3 N–H and O–H groups in total. The Morgan fingerprint density at radius 3 is 2.47 bits per heavy atom. The van der Waals surface area contributed by atoms with Gasteiger partial charge in [-0.05, 0) is 33.6 Å². The van der Waals surface area contributed by atoms with Gasteiger partial charge in [0.25, 0.3) is 0 Å². The Morgan fingerprint density at radius 1 is 1.47 bits per heavy atom. The summed E-state index contributed by atoms with van der Waals surface area (Å²) in [5.74, 6) is 0.206. The number of hydrogen-bond acceptors (Lipinski definition) is 3. The van der Waals surface area contributed by atoms with Crippen LogP contribution < -0.4 is 11.1 Å². The van der Waals surface area contributed by atoms with E-state index >= 15 is 0 Å². The van der Waals surface area contributed by atoms with Crippen molar-refractivity contribution in [3.63, 3.8) is 0 Å². The maximum atomic E-state index is 11.9. The standard InChI is InChI=1S/C11H22N2O2/c1-8(12)11(2,3)13-10(14)9-4-6-15-7-5-9/h8-9H,4-7,12H2,1-3H3,(H,13,14). The summed E-state index contributed by atoms with van der Waals surface area (Å²) in [5, 5.41) is 3.01. The van der Waals surface area contributed by atoms with Crippen molar-refractivity contribution in [3.8, 4) is 0 Å². The molecular formula is C11H22N2O2. The molecule has 0 aliphatic carbocycles. The fraction of sp³-hybridized carbons (Fsp3) is 0.909. The third kappa shape index (κ3) is 3.47. The van der Waals surface area contributed by atoms with Crippen molar-refractivity contribution in [1.29, 1.82) is 0 Å².